The largest absolute Gasteiger partial charge is 0 e. The second-order valence-corrected chi connectivity index (χ2v) is 0. The Bertz CT molecular complexity index is 11.6. The maximum Gasteiger partial charge on any atom is 0 e. The standard InChI is InChI=1S/Al.Mg.Mo.H3Si.Zn.5H/h;;;1H3;;;;;;. The van der Waals surface area contributed by atoms with Crippen molar-refractivity contribution in [1.82, 2.24) is 0 Å². The van der Waals surface area contributed by atoms with Crippen molar-refractivity contribution in [2.75, 3.05) is 0 Å². The Hall–Kier alpha value is 2.83. The van der Waals surface area contributed by atoms with Crippen molar-refractivity contribution in [3.8, 4) is 0 Å². The van der Waals surface area contributed by atoms with Gasteiger partial charge in [-0.05, 0) is 0 Å². The van der Waals surface area contributed by atoms with Crippen molar-refractivity contribution in [1.29, 1.82) is 0 Å². The molecule has 25 valence electrons. The van der Waals surface area contributed by atoms with E-state index in [1.807, 2.05) is 0 Å². The summed E-state index contributed by atoms with van der Waals surface area (Å²) in [5, 5.41) is 0. The zero-order valence-corrected chi connectivity index (χ0v) is 9.09. The second-order valence-electron chi connectivity index (χ2n) is 0. The number of hydrogen-bond donors (Lipinski definition) is 0. The minimum absolute atomic E-state index is 0. The molecule has 5 heteroatoms. The fourth-order valence-electron chi connectivity index (χ4n) is 0. The molecule has 0 fully saturated rings. The van der Waals surface area contributed by atoms with Gasteiger partial charge in [-0.1, -0.05) is 0 Å². The third-order valence-electron chi connectivity index (χ3n) is 0. The summed E-state index contributed by atoms with van der Waals surface area (Å²) in [7, 11) is 1.32. The summed E-state index contributed by atoms with van der Waals surface area (Å²) < 4.78 is 0. The molecule has 0 rings (SSSR count). The summed E-state index contributed by atoms with van der Waals surface area (Å²) >= 11 is 2.09. The summed E-state index contributed by atoms with van der Waals surface area (Å²) in [6, 6.07) is 0. The third kappa shape index (κ3) is 19.9. The van der Waals surface area contributed by atoms with Crippen molar-refractivity contribution in [2.45, 2.75) is 0 Å². The molecular weight excluding hydrogens is 241 g/mol. The average molecular weight is 249 g/mol. The van der Waals surface area contributed by atoms with Gasteiger partial charge in [-0.25, -0.2) is 0 Å². The van der Waals surface area contributed by atoms with E-state index < -0.39 is 0 Å². The van der Waals surface area contributed by atoms with E-state index in [2.05, 4.69) is 19.1 Å². The predicted octanol–water partition coefficient (Wildman–Crippen LogP) is -3.29. The molecule has 0 aliphatic carbocycles. The van der Waals surface area contributed by atoms with Gasteiger partial charge in [-0.3, -0.25) is 0 Å². The molecule has 0 aromatic carbocycles. The van der Waals surface area contributed by atoms with Crippen LogP contribution in [-0.2, 0) is 38.6 Å². The molecule has 0 spiro atoms. The van der Waals surface area contributed by atoms with Crippen LogP contribution in [0.4, 0.5) is 0 Å². The van der Waals surface area contributed by atoms with Crippen molar-refractivity contribution in [2.24, 2.45) is 0 Å². The minimum atomic E-state index is 0. The first-order valence-electron chi connectivity index (χ1n) is 0.408. The topological polar surface area (TPSA) is 0 Å². The van der Waals surface area contributed by atoms with E-state index in [0.717, 1.165) is 0 Å². The van der Waals surface area contributed by atoms with Crippen molar-refractivity contribution < 1.29 is 38.6 Å². The molecule has 0 atom stereocenters. The quantitative estimate of drug-likeness (QED) is 0.395. The van der Waals surface area contributed by atoms with Crippen LogP contribution in [0, 0.1) is 0 Å². The molecule has 0 unspecified atom stereocenters. The van der Waals surface area contributed by atoms with Crippen LogP contribution in [0.2, 0.25) is 0 Å². The molecule has 0 aliphatic heterocycles. The van der Waals surface area contributed by atoms with Gasteiger partial charge < -0.3 is 0 Å². The van der Waals surface area contributed by atoms with Gasteiger partial charge in [0.2, 0.25) is 0 Å². The Labute approximate surface area is 85.8 Å². The summed E-state index contributed by atoms with van der Waals surface area (Å²) in [4.78, 5) is 0. The molecule has 0 aromatic heterocycles. The number of hydrogen-bond acceptors (Lipinski definition) is 0. The van der Waals surface area contributed by atoms with Gasteiger partial charge in [0.1, 0.15) is 0 Å². The molecule has 0 bridgehead atoms. The van der Waals surface area contributed by atoms with E-state index in [4.69, 9.17) is 0 Å². The van der Waals surface area contributed by atoms with E-state index in [-0.39, 0.29) is 59.9 Å². The van der Waals surface area contributed by atoms with Crippen LogP contribution in [-0.4, -0.2) is 48.6 Å². The molecule has 0 amide bonds. The first-order chi connectivity index (χ1) is 1.00. The Balaban J connectivity index is -0.00000000167. The van der Waals surface area contributed by atoms with Crippen LogP contribution in [0.3, 0.4) is 0 Å². The Kier molecular flexibility index (Phi) is 144. The van der Waals surface area contributed by atoms with Gasteiger partial charge in [-0.15, -0.1) is 0 Å². The van der Waals surface area contributed by atoms with Crippen LogP contribution in [0.15, 0.2) is 0 Å². The van der Waals surface area contributed by atoms with Gasteiger partial charge in [0.25, 0.3) is 0 Å². The summed E-state index contributed by atoms with van der Waals surface area (Å²) in [5.41, 5.74) is 0. The van der Waals surface area contributed by atoms with Gasteiger partial charge in [0.15, 0.2) is 17.4 Å². The van der Waals surface area contributed by atoms with Gasteiger partial charge >= 0.3 is 50.3 Å². The monoisotopic (exact) mass is 249 g/mol. The molecule has 0 heterocycles. The zero-order chi connectivity index (χ0) is 2.00. The normalized spacial score (nSPS) is 1.60. The maximum absolute atomic E-state index is 2.09. The molecule has 0 radical (unpaired) electrons. The molecule has 0 N–H and O–H groups in total. The smallest absolute Gasteiger partial charge is 0 e. The fraction of sp³-hybridized carbons (Fsp3) is 0. The van der Waals surface area contributed by atoms with E-state index in [1.54, 1.807) is 0 Å². The summed E-state index contributed by atoms with van der Waals surface area (Å²) in [6.45, 7) is 0. The summed E-state index contributed by atoms with van der Waals surface area (Å²) in [5.74, 6) is 0. The Morgan fingerprint density at radius 1 is 1.20 bits per heavy atom. The van der Waals surface area contributed by atoms with Crippen LogP contribution in [0.1, 0.15) is 0 Å². The molecular formula is H8AlMgMoSiZn. The van der Waals surface area contributed by atoms with Gasteiger partial charge in [-0.2, -0.15) is 0 Å². The minimum Gasteiger partial charge on any atom is 0 e. The Morgan fingerprint density at radius 2 is 1.20 bits per heavy atom. The molecule has 0 aliphatic rings. The predicted molar refractivity (Wildman–Crippen MR) is 28.4 cm³/mol. The SMILES string of the molecule is [AlH3].[MgH2].[SiH3][Mo].[Zn]. The van der Waals surface area contributed by atoms with E-state index >= 15 is 0 Å². The van der Waals surface area contributed by atoms with Crippen LogP contribution < -0.4 is 0 Å². The second kappa shape index (κ2) is 29.0. The van der Waals surface area contributed by atoms with Crippen LogP contribution in [0.5, 0.6) is 0 Å². The van der Waals surface area contributed by atoms with Crippen LogP contribution in [0.25, 0.3) is 0 Å². The van der Waals surface area contributed by atoms with Crippen molar-refractivity contribution in [3.05, 3.63) is 0 Å². The summed E-state index contributed by atoms with van der Waals surface area (Å²) in [6.07, 6.45) is 0. The third-order valence-corrected chi connectivity index (χ3v) is 0. The van der Waals surface area contributed by atoms with E-state index in [1.165, 1.54) is 8.21 Å². The van der Waals surface area contributed by atoms with Gasteiger partial charge in [0.05, 0.1) is 0 Å². The maximum atomic E-state index is 2.09. The van der Waals surface area contributed by atoms with E-state index in [9.17, 15) is 0 Å². The zero-order valence-electron chi connectivity index (χ0n) is 2.12. The van der Waals surface area contributed by atoms with Gasteiger partial charge in [0, 0.05) is 19.5 Å². The Morgan fingerprint density at radius 3 is 1.20 bits per heavy atom. The molecule has 0 aromatic rings. The molecule has 0 nitrogen and oxygen atoms in total. The van der Waals surface area contributed by atoms with Crippen LogP contribution >= 0.6 is 0 Å². The fourth-order valence-corrected chi connectivity index (χ4v) is 0. The molecule has 0 saturated heterocycles. The number of rotatable bonds is 0. The molecule has 0 saturated carbocycles. The van der Waals surface area contributed by atoms with Crippen molar-refractivity contribution in [3.63, 3.8) is 0 Å². The average Bonchev–Trinajstić information content (AvgIpc) is 1.00. The molecule has 5 heavy (non-hydrogen) atoms. The first-order valence-corrected chi connectivity index (χ1v) is 7.25. The van der Waals surface area contributed by atoms with E-state index in [0.29, 0.717) is 0 Å². The first kappa shape index (κ1) is 24.9. The van der Waals surface area contributed by atoms with Crippen molar-refractivity contribution >= 4 is 48.6 Å².